The summed E-state index contributed by atoms with van der Waals surface area (Å²) in [5, 5.41) is 10.9. The average Bonchev–Trinajstić information content (AvgIpc) is 3.12. The van der Waals surface area contributed by atoms with Gasteiger partial charge in [0.15, 0.2) is 0 Å². The fourth-order valence-electron chi connectivity index (χ4n) is 3.18. The number of hydrogen-bond donors (Lipinski definition) is 0. The Morgan fingerprint density at radius 1 is 1.03 bits per heavy atom. The Balaban J connectivity index is 1.38. The van der Waals surface area contributed by atoms with Crippen molar-refractivity contribution in [1.29, 1.82) is 0 Å². The van der Waals surface area contributed by atoms with Crippen molar-refractivity contribution in [3.8, 4) is 11.5 Å². The third kappa shape index (κ3) is 6.09. The van der Waals surface area contributed by atoms with Crippen LogP contribution in [0.25, 0.3) is 6.08 Å². The summed E-state index contributed by atoms with van der Waals surface area (Å²) in [6.45, 7) is 0.207. The number of esters is 1. The van der Waals surface area contributed by atoms with Crippen LogP contribution in [0.4, 0.5) is 10.5 Å². The largest absolute Gasteiger partial charge is 0.492 e. The van der Waals surface area contributed by atoms with E-state index in [1.54, 1.807) is 48.5 Å². The van der Waals surface area contributed by atoms with Crippen molar-refractivity contribution in [3.63, 3.8) is 0 Å². The molecule has 0 aliphatic carbocycles. The minimum absolute atomic E-state index is 0.0809. The molecule has 0 aromatic heterocycles. The molecule has 36 heavy (non-hydrogen) atoms. The summed E-state index contributed by atoms with van der Waals surface area (Å²) in [7, 11) is 0. The number of carbonyl (C=O) groups excluding carboxylic acids is 3. The molecule has 1 saturated heterocycles. The number of ether oxygens (including phenoxy) is 2. The van der Waals surface area contributed by atoms with E-state index in [4.69, 9.17) is 21.1 Å². The number of imide groups is 1. The zero-order valence-electron chi connectivity index (χ0n) is 18.5. The van der Waals surface area contributed by atoms with Gasteiger partial charge in [-0.1, -0.05) is 23.7 Å². The predicted molar refractivity (Wildman–Crippen MR) is 134 cm³/mol. The molecule has 2 amide bonds. The van der Waals surface area contributed by atoms with Crippen molar-refractivity contribution in [3.05, 3.63) is 104 Å². The molecular formula is C25H17ClN2O7S. The number of amides is 2. The van der Waals surface area contributed by atoms with Gasteiger partial charge >= 0.3 is 5.97 Å². The molecular weight excluding hydrogens is 508 g/mol. The van der Waals surface area contributed by atoms with Crippen LogP contribution in [-0.4, -0.2) is 40.1 Å². The molecule has 11 heteroatoms. The maximum absolute atomic E-state index is 12.7. The predicted octanol–water partition coefficient (Wildman–Crippen LogP) is 5.58. The standard InChI is InChI=1S/C25H17ClN2O7S/c26-18-6-10-20(11-7-18)34-13-12-27-23(29)22(36-25(27)31)15-16-2-1-3-21(14-16)35-24(30)17-4-8-19(9-5-17)28(32)33/h1-11,14-15H,12-13H2/b22-15-. The van der Waals surface area contributed by atoms with Gasteiger partial charge in [-0.05, 0) is 71.9 Å². The second kappa shape index (κ2) is 11.1. The Hall–Kier alpha value is -4.15. The van der Waals surface area contributed by atoms with Crippen LogP contribution in [0.2, 0.25) is 5.02 Å². The van der Waals surface area contributed by atoms with Gasteiger partial charge < -0.3 is 9.47 Å². The number of carbonyl (C=O) groups is 3. The molecule has 0 unspecified atom stereocenters. The molecule has 1 aliphatic rings. The van der Waals surface area contributed by atoms with E-state index in [2.05, 4.69) is 0 Å². The molecule has 4 rings (SSSR count). The number of thioether (sulfide) groups is 1. The Bertz CT molecular complexity index is 1360. The zero-order valence-corrected chi connectivity index (χ0v) is 20.0. The van der Waals surface area contributed by atoms with Gasteiger partial charge in [-0.25, -0.2) is 4.79 Å². The minimum atomic E-state index is -0.692. The molecule has 0 bridgehead atoms. The average molecular weight is 525 g/mol. The number of halogens is 1. The molecule has 0 atom stereocenters. The molecule has 0 N–H and O–H groups in total. The fourth-order valence-corrected chi connectivity index (χ4v) is 4.17. The summed E-state index contributed by atoms with van der Waals surface area (Å²) in [6.07, 6.45) is 1.54. The second-order valence-electron chi connectivity index (χ2n) is 7.40. The molecule has 3 aromatic carbocycles. The van der Waals surface area contributed by atoms with Crippen molar-refractivity contribution in [2.75, 3.05) is 13.2 Å². The van der Waals surface area contributed by atoms with Gasteiger partial charge in [-0.15, -0.1) is 0 Å². The SMILES string of the molecule is O=C(Oc1cccc(/C=C2\SC(=O)N(CCOc3ccc(Cl)cc3)C2=O)c1)c1ccc([N+](=O)[O-])cc1. The van der Waals surface area contributed by atoms with E-state index in [1.165, 1.54) is 30.3 Å². The highest BCUT2D eigenvalue weighted by Gasteiger charge is 2.34. The lowest BCUT2D eigenvalue weighted by atomic mass is 10.2. The first-order valence-corrected chi connectivity index (χ1v) is 11.7. The fraction of sp³-hybridized carbons (Fsp3) is 0.0800. The minimum Gasteiger partial charge on any atom is -0.492 e. The van der Waals surface area contributed by atoms with E-state index in [-0.39, 0.29) is 35.1 Å². The first-order chi connectivity index (χ1) is 17.3. The Labute approximate surface area is 214 Å². The zero-order chi connectivity index (χ0) is 25.7. The molecule has 1 fully saturated rings. The van der Waals surface area contributed by atoms with E-state index in [0.29, 0.717) is 16.3 Å². The van der Waals surface area contributed by atoms with Gasteiger partial charge in [-0.3, -0.25) is 24.6 Å². The summed E-state index contributed by atoms with van der Waals surface area (Å²) < 4.78 is 10.9. The topological polar surface area (TPSA) is 116 Å². The molecule has 1 heterocycles. The second-order valence-corrected chi connectivity index (χ2v) is 8.83. The van der Waals surface area contributed by atoms with Crippen LogP contribution >= 0.6 is 23.4 Å². The lowest BCUT2D eigenvalue weighted by Crippen LogP contribution is -2.32. The van der Waals surface area contributed by atoms with Crippen LogP contribution in [0.5, 0.6) is 11.5 Å². The maximum atomic E-state index is 12.7. The summed E-state index contributed by atoms with van der Waals surface area (Å²) in [5.74, 6) is -0.356. The van der Waals surface area contributed by atoms with Crippen LogP contribution in [-0.2, 0) is 4.79 Å². The van der Waals surface area contributed by atoms with Gasteiger partial charge in [-0.2, -0.15) is 0 Å². The van der Waals surface area contributed by atoms with Crippen molar-refractivity contribution in [1.82, 2.24) is 4.90 Å². The third-order valence-electron chi connectivity index (χ3n) is 4.95. The Kier molecular flexibility index (Phi) is 7.67. The van der Waals surface area contributed by atoms with Crippen molar-refractivity contribution in [2.45, 2.75) is 0 Å². The van der Waals surface area contributed by atoms with Gasteiger partial charge in [0.25, 0.3) is 16.8 Å². The van der Waals surface area contributed by atoms with E-state index in [9.17, 15) is 24.5 Å². The van der Waals surface area contributed by atoms with Crippen molar-refractivity contribution >= 4 is 52.2 Å². The summed E-state index contributed by atoms with van der Waals surface area (Å²) in [4.78, 5) is 49.0. The quantitative estimate of drug-likeness (QED) is 0.123. The Morgan fingerprint density at radius 2 is 1.75 bits per heavy atom. The van der Waals surface area contributed by atoms with E-state index in [1.807, 2.05) is 0 Å². The Morgan fingerprint density at radius 3 is 2.44 bits per heavy atom. The number of benzene rings is 3. The lowest BCUT2D eigenvalue weighted by molar-refractivity contribution is -0.384. The van der Waals surface area contributed by atoms with Crippen LogP contribution in [0.3, 0.4) is 0 Å². The number of nitrogens with zero attached hydrogens (tertiary/aromatic N) is 2. The summed E-state index contributed by atoms with van der Waals surface area (Å²) in [5.41, 5.74) is 0.555. The number of non-ortho nitro benzene ring substituents is 1. The monoisotopic (exact) mass is 524 g/mol. The van der Waals surface area contributed by atoms with Crippen LogP contribution in [0.1, 0.15) is 15.9 Å². The number of nitro benzene ring substituents is 1. The lowest BCUT2D eigenvalue weighted by Gasteiger charge is -2.13. The normalized spacial score (nSPS) is 14.2. The summed E-state index contributed by atoms with van der Waals surface area (Å²) >= 11 is 6.65. The smallest absolute Gasteiger partial charge is 0.343 e. The number of rotatable bonds is 8. The molecule has 3 aromatic rings. The highest BCUT2D eigenvalue weighted by atomic mass is 35.5. The molecule has 0 radical (unpaired) electrons. The molecule has 182 valence electrons. The van der Waals surface area contributed by atoms with Gasteiger partial charge in [0.1, 0.15) is 18.1 Å². The van der Waals surface area contributed by atoms with Crippen molar-refractivity contribution in [2.24, 2.45) is 0 Å². The first-order valence-electron chi connectivity index (χ1n) is 10.5. The van der Waals surface area contributed by atoms with Gasteiger partial charge in [0.05, 0.1) is 21.9 Å². The van der Waals surface area contributed by atoms with Crippen molar-refractivity contribution < 1.29 is 28.8 Å². The first kappa shape index (κ1) is 25.0. The summed E-state index contributed by atoms with van der Waals surface area (Å²) in [6, 6.07) is 18.2. The third-order valence-corrected chi connectivity index (χ3v) is 6.11. The number of hydrogen-bond acceptors (Lipinski definition) is 8. The maximum Gasteiger partial charge on any atom is 0.343 e. The highest BCUT2D eigenvalue weighted by Crippen LogP contribution is 2.32. The van der Waals surface area contributed by atoms with E-state index < -0.39 is 22.0 Å². The highest BCUT2D eigenvalue weighted by molar-refractivity contribution is 8.18. The molecule has 1 aliphatic heterocycles. The van der Waals surface area contributed by atoms with Crippen LogP contribution < -0.4 is 9.47 Å². The number of nitro groups is 1. The molecule has 0 spiro atoms. The van der Waals surface area contributed by atoms with Crippen LogP contribution in [0, 0.1) is 10.1 Å². The van der Waals surface area contributed by atoms with E-state index in [0.717, 1.165) is 16.7 Å². The molecule has 0 saturated carbocycles. The molecule has 9 nitrogen and oxygen atoms in total. The van der Waals surface area contributed by atoms with E-state index >= 15 is 0 Å². The van der Waals surface area contributed by atoms with Gasteiger partial charge in [0.2, 0.25) is 0 Å². The van der Waals surface area contributed by atoms with Gasteiger partial charge in [0, 0.05) is 17.2 Å². The van der Waals surface area contributed by atoms with Crippen LogP contribution in [0.15, 0.2) is 77.7 Å².